The van der Waals surface area contributed by atoms with E-state index in [0.717, 1.165) is 24.2 Å². The Bertz CT molecular complexity index is 1410. The number of fused-ring (bicyclic) bond motifs is 3. The van der Waals surface area contributed by atoms with Crippen LogP contribution >= 0.6 is 0 Å². The molecule has 0 saturated carbocycles. The maximum atomic E-state index is 14.2. The summed E-state index contributed by atoms with van der Waals surface area (Å²) >= 11 is 0. The molecule has 3 aliphatic rings. The number of likely N-dealkylation sites (N-methyl/N-ethyl adjacent to an activating group) is 1. The van der Waals surface area contributed by atoms with Gasteiger partial charge in [-0.2, -0.15) is 0 Å². The van der Waals surface area contributed by atoms with Crippen molar-refractivity contribution >= 4 is 30.3 Å². The fraction of sp³-hybridized carbons (Fsp3) is 0.581. The van der Waals surface area contributed by atoms with E-state index in [1.807, 2.05) is 19.0 Å². The number of amides is 1. The summed E-state index contributed by atoms with van der Waals surface area (Å²) in [4.78, 5) is 32.5. The van der Waals surface area contributed by atoms with Crippen LogP contribution in [0.2, 0.25) is 0 Å². The Labute approximate surface area is 249 Å². The topological polar surface area (TPSA) is 151 Å². The molecule has 4 rings (SSSR count). The van der Waals surface area contributed by atoms with Crippen molar-refractivity contribution in [3.05, 3.63) is 45.4 Å². The fourth-order valence-electron chi connectivity index (χ4n) is 7.40. The quantitative estimate of drug-likeness (QED) is 0.290. The minimum atomic E-state index is -2.21. The van der Waals surface area contributed by atoms with Gasteiger partial charge in [-0.05, 0) is 20.3 Å². The summed E-state index contributed by atoms with van der Waals surface area (Å²) in [6, 6.07) is 0.762. The summed E-state index contributed by atoms with van der Waals surface area (Å²) in [5.74, 6) is -4.03. The zero-order valence-electron chi connectivity index (χ0n) is 26.1. The van der Waals surface area contributed by atoms with Crippen molar-refractivity contribution < 1.29 is 30.0 Å². The predicted molar refractivity (Wildman–Crippen MR) is 166 cm³/mol. The van der Waals surface area contributed by atoms with Gasteiger partial charge in [0.1, 0.15) is 0 Å². The molecule has 11 heteroatoms. The number of rotatable bonds is 8. The average molecular weight is 581 g/mol. The summed E-state index contributed by atoms with van der Waals surface area (Å²) in [6.45, 7) is 9.98. The van der Waals surface area contributed by atoms with Crippen LogP contribution in [0.5, 0.6) is 5.75 Å². The Morgan fingerprint density at radius 2 is 1.79 bits per heavy atom. The van der Waals surface area contributed by atoms with E-state index >= 15 is 0 Å². The molecule has 3 aliphatic carbocycles. The van der Waals surface area contributed by atoms with Crippen molar-refractivity contribution in [3.8, 4) is 5.75 Å². The first kappa shape index (κ1) is 31.8. The molecule has 0 heterocycles. The van der Waals surface area contributed by atoms with E-state index in [1.165, 1.54) is 0 Å². The summed E-state index contributed by atoms with van der Waals surface area (Å²) in [7, 11) is 11.1. The molecule has 1 amide bonds. The number of phenols is 1. The zero-order valence-corrected chi connectivity index (χ0v) is 26.1. The first-order valence-corrected chi connectivity index (χ1v) is 14.5. The number of benzene rings is 1. The van der Waals surface area contributed by atoms with Gasteiger partial charge in [0.05, 0.1) is 0 Å². The number of aliphatic hydroxyl groups excluding tert-OH is 2. The third kappa shape index (κ3) is 4.57. The van der Waals surface area contributed by atoms with Gasteiger partial charge in [-0.25, -0.2) is 0 Å². The Kier molecular flexibility index (Phi) is 8.21. The number of nitrogens with zero attached hydrogens (tertiary/aromatic N) is 3. The molecule has 6 N–H and O–H groups in total. The molecule has 0 unspecified atom stereocenters. The summed E-state index contributed by atoms with van der Waals surface area (Å²) in [5.41, 5.74) is 5.16. The van der Waals surface area contributed by atoms with Gasteiger partial charge in [0, 0.05) is 0 Å². The number of allylic oxidation sites excluding steroid dienone is 1. The van der Waals surface area contributed by atoms with Crippen LogP contribution in [-0.2, 0) is 17.8 Å². The third-order valence-corrected chi connectivity index (χ3v) is 9.87. The van der Waals surface area contributed by atoms with Crippen LogP contribution in [-0.4, -0.2) is 107 Å². The van der Waals surface area contributed by atoms with E-state index in [-0.39, 0.29) is 45.6 Å². The van der Waals surface area contributed by atoms with Crippen LogP contribution in [0.25, 0.3) is 0 Å². The number of hydrogen-bond acceptors (Lipinski definition) is 9. The number of aliphatic hydroxyl groups is 3. The van der Waals surface area contributed by atoms with Crippen molar-refractivity contribution in [2.24, 2.45) is 17.6 Å². The number of nitrogens with two attached hydrogens (primary N) is 1. The number of ketones is 1. The van der Waals surface area contributed by atoms with Gasteiger partial charge < -0.3 is 0 Å². The van der Waals surface area contributed by atoms with Gasteiger partial charge in [-0.15, -0.1) is 0 Å². The molecule has 0 bridgehead atoms. The van der Waals surface area contributed by atoms with Crippen molar-refractivity contribution in [3.63, 3.8) is 0 Å². The number of hydrogen-bond donors (Lipinski definition) is 5. The van der Waals surface area contributed by atoms with Gasteiger partial charge in [0.25, 0.3) is 0 Å². The number of anilines is 1. The number of aromatic hydroxyl groups is 1. The summed E-state index contributed by atoms with van der Waals surface area (Å²) in [6.07, 6.45) is 1.47. The van der Waals surface area contributed by atoms with E-state index in [1.54, 1.807) is 25.1 Å². The van der Waals surface area contributed by atoms with Crippen LogP contribution in [0.3, 0.4) is 0 Å². The number of carbonyl (C=O) groups is 2. The molecule has 0 spiro atoms. The van der Waals surface area contributed by atoms with Crippen LogP contribution < -0.4 is 10.6 Å². The molecule has 0 saturated heterocycles. The molecule has 1 aromatic carbocycles. The number of carbonyl (C=O) groups excluding carboxylic acids is 2. The molecule has 228 valence electrons. The number of Topliss-reactive ketones (excluding diaryl/α,β-unsaturated/α-hetero) is 1. The average Bonchev–Trinajstić information content (AvgIpc) is 2.88. The molecule has 0 fully saturated rings. The predicted octanol–water partition coefficient (Wildman–Crippen LogP) is 1.70. The second kappa shape index (κ2) is 10.8. The van der Waals surface area contributed by atoms with Crippen LogP contribution in [0, 0.1) is 11.8 Å². The molecule has 0 aliphatic heterocycles. The Morgan fingerprint density at radius 3 is 2.29 bits per heavy atom. The van der Waals surface area contributed by atoms with Gasteiger partial charge in [-0.1, -0.05) is 13.8 Å². The summed E-state index contributed by atoms with van der Waals surface area (Å²) in [5, 5.41) is 46.2. The monoisotopic (exact) mass is 580 g/mol. The number of phenolic OH excluding ortho intramolecular Hbond substituents is 1. The molecule has 10 nitrogen and oxygen atoms in total. The molecule has 4 atom stereocenters. The molecule has 42 heavy (non-hydrogen) atoms. The minimum absolute atomic E-state index is 0.0137. The van der Waals surface area contributed by atoms with Gasteiger partial charge >= 0.3 is 215 Å². The van der Waals surface area contributed by atoms with Crippen LogP contribution in [0.15, 0.2) is 28.7 Å². The first-order chi connectivity index (χ1) is 19.4. The van der Waals surface area contributed by atoms with Gasteiger partial charge in [0.15, 0.2) is 0 Å². The van der Waals surface area contributed by atoms with Crippen molar-refractivity contribution in [2.75, 3.05) is 39.6 Å². The Hall–Kier alpha value is -3.15. The van der Waals surface area contributed by atoms with E-state index in [0.29, 0.717) is 18.5 Å². The molecule has 1 aromatic rings. The first-order valence-electron chi connectivity index (χ1n) is 14.5. The van der Waals surface area contributed by atoms with E-state index in [4.69, 9.17) is 5.73 Å². The normalized spacial score (nSPS) is 26.0. The third-order valence-electron chi connectivity index (χ3n) is 9.87. The van der Waals surface area contributed by atoms with E-state index < -0.39 is 40.9 Å². The van der Waals surface area contributed by atoms with Crippen molar-refractivity contribution in [1.82, 2.24) is 9.80 Å². The molecule has 0 radical (unpaired) electrons. The standard InChI is InChI=1S/C31H45BN4O6/c1-9-30(3,4)36(10-2)14-16-13-19(37)21-17(23(16)34(5)6)11-15-12-18-24(35(7)8)26(39)22(29(33)41)27(32)31(18,42)28(40)20(15)25(21)38/h13,15,18,24,32,37,39-40,42H,9-12,14H2,1-8H3,(H2,33,41)/t15-,18-,24-,31+/m0/s1. The second-order valence-electron chi connectivity index (χ2n) is 12.9. The maximum absolute atomic E-state index is 14.2. The second-order valence-corrected chi connectivity index (χ2v) is 12.9. The summed E-state index contributed by atoms with van der Waals surface area (Å²) < 4.78 is 0. The zero-order chi connectivity index (χ0) is 31.6. The molecular weight excluding hydrogens is 535 g/mol. The fourth-order valence-corrected chi connectivity index (χ4v) is 7.40. The van der Waals surface area contributed by atoms with Crippen LogP contribution in [0.4, 0.5) is 5.69 Å². The number of primary amides is 1. The van der Waals surface area contributed by atoms with E-state index in [2.05, 4.69) is 40.1 Å². The Balaban J connectivity index is 1.93. The molecular formula is C31H45BN4O6. The van der Waals surface area contributed by atoms with Crippen molar-refractivity contribution in [2.45, 2.75) is 70.7 Å². The van der Waals surface area contributed by atoms with Crippen molar-refractivity contribution in [1.29, 1.82) is 0 Å². The van der Waals surface area contributed by atoms with Gasteiger partial charge in [0.2, 0.25) is 0 Å². The van der Waals surface area contributed by atoms with Crippen LogP contribution in [0.1, 0.15) is 62.0 Å². The molecule has 0 aromatic heterocycles. The SMILES string of the molecule is B=C1C(C(N)=O)=C(O)[C@@H](N(C)C)[C@@H]2C[C@@H]3Cc4c(c(O)cc(CN(CC)C(C)(C)CC)c4N(C)C)C(=O)C3=C(O)[C@]12O. The van der Waals surface area contributed by atoms with Gasteiger partial charge in [-0.3, -0.25) is 0 Å². The van der Waals surface area contributed by atoms with E-state index in [9.17, 15) is 30.0 Å². The Morgan fingerprint density at radius 1 is 1.17 bits per heavy atom.